The summed E-state index contributed by atoms with van der Waals surface area (Å²) in [5.74, 6) is -0.852. The molecule has 0 fully saturated rings. The number of hydrogen-bond acceptors (Lipinski definition) is 7. The summed E-state index contributed by atoms with van der Waals surface area (Å²) < 4.78 is 20.3. The Labute approximate surface area is 174 Å². The Morgan fingerprint density at radius 2 is 1.60 bits per heavy atom. The normalized spacial score (nSPS) is 15.0. The maximum atomic E-state index is 12.8. The average Bonchev–Trinajstić information content (AvgIpc) is 2.80. The van der Waals surface area contributed by atoms with Gasteiger partial charge in [0.2, 0.25) is 0 Å². The molecule has 158 valence electrons. The standard InChI is InChI=1S/C22H23NO7/c1-27-17-8-16(9-18(11-17)28-2)21(25)30-13-20(24)23-12-15-7-5-4-6-14(15)10-19(23)22(26)29-3/h4-9,11,19H,10,12-13H2,1-3H3/t19-/m1/s1. The average molecular weight is 413 g/mol. The van der Waals surface area contributed by atoms with Crippen LogP contribution in [0.2, 0.25) is 0 Å². The lowest BCUT2D eigenvalue weighted by Gasteiger charge is -2.35. The van der Waals surface area contributed by atoms with Gasteiger partial charge in [-0.25, -0.2) is 9.59 Å². The van der Waals surface area contributed by atoms with E-state index in [1.807, 2.05) is 24.3 Å². The van der Waals surface area contributed by atoms with Crippen LogP contribution in [0.25, 0.3) is 0 Å². The Morgan fingerprint density at radius 3 is 2.20 bits per heavy atom. The third-order valence-electron chi connectivity index (χ3n) is 4.96. The van der Waals surface area contributed by atoms with E-state index in [2.05, 4.69) is 0 Å². The smallest absolute Gasteiger partial charge is 0.338 e. The molecule has 2 aromatic carbocycles. The minimum absolute atomic E-state index is 0.188. The van der Waals surface area contributed by atoms with Gasteiger partial charge < -0.3 is 23.8 Å². The zero-order chi connectivity index (χ0) is 21.7. The lowest BCUT2D eigenvalue weighted by atomic mass is 9.94. The molecule has 3 rings (SSSR count). The number of methoxy groups -OCH3 is 3. The molecule has 8 nitrogen and oxygen atoms in total. The molecular weight excluding hydrogens is 390 g/mol. The number of fused-ring (bicyclic) bond motifs is 1. The third-order valence-corrected chi connectivity index (χ3v) is 4.96. The predicted octanol–water partition coefficient (Wildman–Crippen LogP) is 1.99. The first kappa shape index (κ1) is 21.2. The van der Waals surface area contributed by atoms with Crippen LogP contribution in [0.5, 0.6) is 11.5 Å². The van der Waals surface area contributed by atoms with Gasteiger partial charge in [0, 0.05) is 19.0 Å². The van der Waals surface area contributed by atoms with Crippen molar-refractivity contribution in [3.05, 3.63) is 59.2 Å². The Hall–Kier alpha value is -3.55. The second-order valence-electron chi connectivity index (χ2n) is 6.71. The Balaban J connectivity index is 1.73. The second-order valence-corrected chi connectivity index (χ2v) is 6.71. The van der Waals surface area contributed by atoms with Crippen molar-refractivity contribution in [1.82, 2.24) is 4.90 Å². The first-order valence-electron chi connectivity index (χ1n) is 9.31. The second kappa shape index (κ2) is 9.30. The van der Waals surface area contributed by atoms with Crippen LogP contribution >= 0.6 is 0 Å². The van der Waals surface area contributed by atoms with Crippen LogP contribution in [0.3, 0.4) is 0 Å². The van der Waals surface area contributed by atoms with Crippen LogP contribution in [0.1, 0.15) is 21.5 Å². The molecule has 30 heavy (non-hydrogen) atoms. The maximum Gasteiger partial charge on any atom is 0.338 e. The van der Waals surface area contributed by atoms with Crippen molar-refractivity contribution in [2.24, 2.45) is 0 Å². The van der Waals surface area contributed by atoms with E-state index in [-0.39, 0.29) is 12.1 Å². The first-order valence-corrected chi connectivity index (χ1v) is 9.31. The van der Waals surface area contributed by atoms with E-state index in [1.54, 1.807) is 6.07 Å². The summed E-state index contributed by atoms with van der Waals surface area (Å²) in [6.07, 6.45) is 0.343. The van der Waals surface area contributed by atoms with E-state index in [0.29, 0.717) is 17.9 Å². The molecule has 1 aliphatic heterocycles. The number of ether oxygens (including phenoxy) is 4. The molecule has 0 saturated carbocycles. The monoisotopic (exact) mass is 413 g/mol. The number of carbonyl (C=O) groups is 3. The van der Waals surface area contributed by atoms with Crippen molar-refractivity contribution in [1.29, 1.82) is 0 Å². The van der Waals surface area contributed by atoms with Gasteiger partial charge in [0.05, 0.1) is 26.9 Å². The third kappa shape index (κ3) is 4.53. The molecule has 0 bridgehead atoms. The van der Waals surface area contributed by atoms with Gasteiger partial charge in [0.15, 0.2) is 6.61 Å². The van der Waals surface area contributed by atoms with E-state index in [9.17, 15) is 14.4 Å². The summed E-state index contributed by atoms with van der Waals surface area (Å²) in [5, 5.41) is 0. The largest absolute Gasteiger partial charge is 0.497 e. The van der Waals surface area contributed by atoms with Crippen molar-refractivity contribution in [2.75, 3.05) is 27.9 Å². The molecule has 0 spiro atoms. The molecule has 0 N–H and O–H groups in total. The zero-order valence-corrected chi connectivity index (χ0v) is 17.0. The highest BCUT2D eigenvalue weighted by Gasteiger charge is 2.35. The van der Waals surface area contributed by atoms with Gasteiger partial charge in [-0.15, -0.1) is 0 Å². The van der Waals surface area contributed by atoms with Crippen LogP contribution in [-0.4, -0.2) is 56.7 Å². The van der Waals surface area contributed by atoms with Crippen molar-refractivity contribution in [2.45, 2.75) is 19.0 Å². The quantitative estimate of drug-likeness (QED) is 0.669. The molecule has 0 aliphatic carbocycles. The summed E-state index contributed by atoms with van der Waals surface area (Å²) in [5.41, 5.74) is 2.11. The first-order chi connectivity index (χ1) is 14.5. The highest BCUT2D eigenvalue weighted by molar-refractivity contribution is 5.93. The summed E-state index contributed by atoms with van der Waals surface area (Å²) in [6.45, 7) is -0.271. The predicted molar refractivity (Wildman–Crippen MR) is 106 cm³/mol. The van der Waals surface area contributed by atoms with Crippen molar-refractivity contribution in [3.8, 4) is 11.5 Å². The van der Waals surface area contributed by atoms with Gasteiger partial charge in [0.25, 0.3) is 5.91 Å². The molecule has 8 heteroatoms. The van der Waals surface area contributed by atoms with Gasteiger partial charge in [-0.1, -0.05) is 24.3 Å². The van der Waals surface area contributed by atoms with Crippen LogP contribution in [0.4, 0.5) is 0 Å². The Bertz CT molecular complexity index is 934. The molecule has 0 unspecified atom stereocenters. The van der Waals surface area contributed by atoms with Crippen molar-refractivity contribution < 1.29 is 33.3 Å². The summed E-state index contributed by atoms with van der Waals surface area (Å²) in [4.78, 5) is 38.9. The number of hydrogen-bond donors (Lipinski definition) is 0. The number of carbonyl (C=O) groups excluding carboxylic acids is 3. The van der Waals surface area contributed by atoms with E-state index >= 15 is 0 Å². The number of amides is 1. The van der Waals surface area contributed by atoms with Gasteiger partial charge >= 0.3 is 11.9 Å². The zero-order valence-electron chi connectivity index (χ0n) is 17.0. The fraction of sp³-hybridized carbons (Fsp3) is 0.318. The van der Waals surface area contributed by atoms with E-state index < -0.39 is 30.5 Å². The number of benzene rings is 2. The summed E-state index contributed by atoms with van der Waals surface area (Å²) >= 11 is 0. The van der Waals surface area contributed by atoms with Crippen LogP contribution in [0.15, 0.2) is 42.5 Å². The van der Waals surface area contributed by atoms with E-state index in [0.717, 1.165) is 11.1 Å². The highest BCUT2D eigenvalue weighted by atomic mass is 16.5. The van der Waals surface area contributed by atoms with Gasteiger partial charge in [-0.3, -0.25) is 4.79 Å². The number of rotatable bonds is 6. The van der Waals surface area contributed by atoms with E-state index in [1.165, 1.54) is 38.4 Å². The molecule has 1 heterocycles. The topological polar surface area (TPSA) is 91.4 Å². The maximum absolute atomic E-state index is 12.8. The molecule has 1 aliphatic rings. The molecular formula is C22H23NO7. The Kier molecular flexibility index (Phi) is 6.56. The highest BCUT2D eigenvalue weighted by Crippen LogP contribution is 2.25. The van der Waals surface area contributed by atoms with Crippen molar-refractivity contribution in [3.63, 3.8) is 0 Å². The van der Waals surface area contributed by atoms with Gasteiger partial charge in [0.1, 0.15) is 17.5 Å². The summed E-state index contributed by atoms with van der Waals surface area (Å²) in [7, 11) is 4.21. The number of nitrogens with zero attached hydrogens (tertiary/aromatic N) is 1. The molecule has 0 aromatic heterocycles. The van der Waals surface area contributed by atoms with Crippen LogP contribution in [-0.2, 0) is 32.0 Å². The van der Waals surface area contributed by atoms with Crippen LogP contribution in [0, 0.1) is 0 Å². The molecule has 1 amide bonds. The fourth-order valence-electron chi connectivity index (χ4n) is 3.35. The molecule has 0 saturated heterocycles. The number of esters is 2. The van der Waals surface area contributed by atoms with Gasteiger partial charge in [-0.05, 0) is 23.3 Å². The fourth-order valence-corrected chi connectivity index (χ4v) is 3.35. The van der Waals surface area contributed by atoms with E-state index in [4.69, 9.17) is 18.9 Å². The minimum Gasteiger partial charge on any atom is -0.497 e. The van der Waals surface area contributed by atoms with Crippen molar-refractivity contribution >= 4 is 17.8 Å². The molecule has 0 radical (unpaired) electrons. The SMILES string of the molecule is COC(=O)[C@H]1Cc2ccccc2CN1C(=O)COC(=O)c1cc(OC)cc(OC)c1. The molecule has 1 atom stereocenters. The Morgan fingerprint density at radius 1 is 0.967 bits per heavy atom. The summed E-state index contributed by atoms with van der Waals surface area (Å²) in [6, 6.07) is 11.4. The van der Waals surface area contributed by atoms with Gasteiger partial charge in [-0.2, -0.15) is 0 Å². The van der Waals surface area contributed by atoms with Crippen LogP contribution < -0.4 is 9.47 Å². The lowest BCUT2D eigenvalue weighted by molar-refractivity contribution is -0.155. The minimum atomic E-state index is -0.770. The molecule has 2 aromatic rings. The lowest BCUT2D eigenvalue weighted by Crippen LogP contribution is -2.50.